The van der Waals surface area contributed by atoms with E-state index < -0.39 is 5.97 Å². The number of carbonyl (C=O) groups excluding carboxylic acids is 1. The van der Waals surface area contributed by atoms with Gasteiger partial charge in [-0.15, -0.1) is 0 Å². The third-order valence-corrected chi connectivity index (χ3v) is 2.87. The summed E-state index contributed by atoms with van der Waals surface area (Å²) in [4.78, 5) is 24.0. The van der Waals surface area contributed by atoms with Crippen molar-refractivity contribution < 1.29 is 14.7 Å². The first kappa shape index (κ1) is 13.0. The zero-order valence-electron chi connectivity index (χ0n) is 9.74. The molecule has 0 aromatic rings. The van der Waals surface area contributed by atoms with Crippen molar-refractivity contribution in [1.82, 2.24) is 10.2 Å². The van der Waals surface area contributed by atoms with Crippen LogP contribution < -0.4 is 5.32 Å². The Morgan fingerprint density at radius 3 is 2.88 bits per heavy atom. The van der Waals surface area contributed by atoms with Crippen LogP contribution >= 0.6 is 0 Å². The number of hydrogen-bond acceptors (Lipinski definition) is 3. The van der Waals surface area contributed by atoms with Gasteiger partial charge in [0.25, 0.3) is 0 Å². The summed E-state index contributed by atoms with van der Waals surface area (Å²) in [7, 11) is 0. The molecule has 1 saturated heterocycles. The molecule has 1 aliphatic heterocycles. The third kappa shape index (κ3) is 4.18. The minimum atomic E-state index is -0.771. The Balaban J connectivity index is 2.24. The van der Waals surface area contributed by atoms with Crippen molar-refractivity contribution in [2.75, 3.05) is 26.2 Å². The van der Waals surface area contributed by atoms with Gasteiger partial charge in [0.2, 0.25) is 5.91 Å². The Hall–Kier alpha value is -1.10. The molecule has 0 bridgehead atoms. The van der Waals surface area contributed by atoms with Gasteiger partial charge in [-0.3, -0.25) is 9.59 Å². The molecule has 1 fully saturated rings. The molecular formula is C11H20N2O3. The highest BCUT2D eigenvalue weighted by Crippen LogP contribution is 2.19. The summed E-state index contributed by atoms with van der Waals surface area (Å²) >= 11 is 0. The molecule has 0 aromatic heterocycles. The second-order valence-electron chi connectivity index (χ2n) is 4.20. The lowest BCUT2D eigenvalue weighted by molar-refractivity contribution is -0.138. The fourth-order valence-electron chi connectivity index (χ4n) is 2.00. The maximum absolute atomic E-state index is 11.7. The Labute approximate surface area is 95.8 Å². The second kappa shape index (κ2) is 6.48. The molecule has 2 N–H and O–H groups in total. The van der Waals surface area contributed by atoms with Crippen LogP contribution in [0, 0.1) is 5.92 Å². The van der Waals surface area contributed by atoms with Crippen molar-refractivity contribution in [3.63, 3.8) is 0 Å². The molecule has 0 aromatic carbocycles. The van der Waals surface area contributed by atoms with Crippen molar-refractivity contribution in [3.05, 3.63) is 0 Å². The monoisotopic (exact) mass is 228 g/mol. The van der Waals surface area contributed by atoms with Crippen LogP contribution in [0.1, 0.15) is 26.2 Å². The minimum Gasteiger partial charge on any atom is -0.481 e. The van der Waals surface area contributed by atoms with E-state index in [4.69, 9.17) is 5.11 Å². The van der Waals surface area contributed by atoms with E-state index in [1.165, 1.54) is 0 Å². The largest absolute Gasteiger partial charge is 0.481 e. The number of nitrogens with zero attached hydrogens (tertiary/aromatic N) is 1. The van der Waals surface area contributed by atoms with Crippen LogP contribution in [0.3, 0.4) is 0 Å². The standard InChI is InChI=1S/C11H20N2O3/c1-2-12-5-3-10(14)13-6-4-9(8-13)7-11(15)16/h9,12H,2-8H2,1H3,(H,15,16). The van der Waals surface area contributed by atoms with Crippen molar-refractivity contribution in [1.29, 1.82) is 0 Å². The Morgan fingerprint density at radius 2 is 2.25 bits per heavy atom. The van der Waals surface area contributed by atoms with Crippen LogP contribution in [0.25, 0.3) is 0 Å². The second-order valence-corrected chi connectivity index (χ2v) is 4.20. The summed E-state index contributed by atoms with van der Waals surface area (Å²) in [6, 6.07) is 0. The molecule has 1 aliphatic rings. The first-order chi connectivity index (χ1) is 7.63. The lowest BCUT2D eigenvalue weighted by Crippen LogP contribution is -2.31. The molecule has 1 unspecified atom stereocenters. The topological polar surface area (TPSA) is 69.6 Å². The van der Waals surface area contributed by atoms with Gasteiger partial charge in [-0.2, -0.15) is 0 Å². The van der Waals surface area contributed by atoms with Gasteiger partial charge in [-0.05, 0) is 18.9 Å². The third-order valence-electron chi connectivity index (χ3n) is 2.87. The fourth-order valence-corrected chi connectivity index (χ4v) is 2.00. The Kier molecular flexibility index (Phi) is 5.25. The van der Waals surface area contributed by atoms with Gasteiger partial charge >= 0.3 is 5.97 Å². The molecule has 5 heteroatoms. The number of carboxylic acids is 1. The van der Waals surface area contributed by atoms with Gasteiger partial charge in [0.15, 0.2) is 0 Å². The van der Waals surface area contributed by atoms with Gasteiger partial charge in [-0.25, -0.2) is 0 Å². The average molecular weight is 228 g/mol. The summed E-state index contributed by atoms with van der Waals surface area (Å²) in [5, 5.41) is 11.8. The Bertz CT molecular complexity index is 256. The maximum Gasteiger partial charge on any atom is 0.303 e. The first-order valence-electron chi connectivity index (χ1n) is 5.83. The number of hydrogen-bond donors (Lipinski definition) is 2. The molecule has 1 amide bonds. The van der Waals surface area contributed by atoms with Crippen LogP contribution in [0.4, 0.5) is 0 Å². The van der Waals surface area contributed by atoms with Crippen molar-refractivity contribution in [3.8, 4) is 0 Å². The SMILES string of the molecule is CCNCCC(=O)N1CCC(CC(=O)O)C1. The number of amides is 1. The number of likely N-dealkylation sites (tertiary alicyclic amines) is 1. The predicted octanol–water partition coefficient (Wildman–Crippen LogP) is 0.309. The van der Waals surface area contributed by atoms with Gasteiger partial charge in [-0.1, -0.05) is 6.92 Å². The van der Waals surface area contributed by atoms with E-state index in [1.54, 1.807) is 4.90 Å². The summed E-state index contributed by atoms with van der Waals surface area (Å²) in [6.07, 6.45) is 1.50. The summed E-state index contributed by atoms with van der Waals surface area (Å²) in [6.45, 7) is 4.90. The number of nitrogens with one attached hydrogen (secondary N) is 1. The normalized spacial score (nSPS) is 20.1. The van der Waals surface area contributed by atoms with E-state index >= 15 is 0 Å². The summed E-state index contributed by atoms with van der Waals surface area (Å²) < 4.78 is 0. The van der Waals surface area contributed by atoms with E-state index in [-0.39, 0.29) is 18.2 Å². The molecule has 1 atom stereocenters. The van der Waals surface area contributed by atoms with Gasteiger partial charge < -0.3 is 15.3 Å². The molecule has 1 heterocycles. The first-order valence-corrected chi connectivity index (χ1v) is 5.83. The lowest BCUT2D eigenvalue weighted by Gasteiger charge is -2.16. The molecule has 92 valence electrons. The molecule has 0 saturated carbocycles. The molecule has 0 radical (unpaired) electrons. The zero-order chi connectivity index (χ0) is 12.0. The van der Waals surface area contributed by atoms with Crippen molar-refractivity contribution >= 4 is 11.9 Å². The van der Waals surface area contributed by atoms with E-state index in [2.05, 4.69) is 5.32 Å². The van der Waals surface area contributed by atoms with Gasteiger partial charge in [0, 0.05) is 32.5 Å². The summed E-state index contributed by atoms with van der Waals surface area (Å²) in [5.74, 6) is -0.499. The van der Waals surface area contributed by atoms with E-state index in [0.717, 1.165) is 13.0 Å². The highest BCUT2D eigenvalue weighted by atomic mass is 16.4. The quantitative estimate of drug-likeness (QED) is 0.642. The number of rotatable bonds is 6. The zero-order valence-corrected chi connectivity index (χ0v) is 9.74. The molecule has 5 nitrogen and oxygen atoms in total. The van der Waals surface area contributed by atoms with Crippen LogP contribution in [-0.4, -0.2) is 48.1 Å². The highest BCUT2D eigenvalue weighted by Gasteiger charge is 2.27. The van der Waals surface area contributed by atoms with E-state index in [9.17, 15) is 9.59 Å². The summed E-state index contributed by atoms with van der Waals surface area (Å²) in [5.41, 5.74) is 0. The van der Waals surface area contributed by atoms with Crippen molar-refractivity contribution in [2.24, 2.45) is 5.92 Å². The highest BCUT2D eigenvalue weighted by molar-refractivity contribution is 5.76. The molecule has 16 heavy (non-hydrogen) atoms. The molecule has 0 aliphatic carbocycles. The molecule has 0 spiro atoms. The average Bonchev–Trinajstić information content (AvgIpc) is 2.65. The predicted molar refractivity (Wildman–Crippen MR) is 60.1 cm³/mol. The number of aliphatic carboxylic acids is 1. The Morgan fingerprint density at radius 1 is 1.50 bits per heavy atom. The molecular weight excluding hydrogens is 208 g/mol. The number of carbonyl (C=O) groups is 2. The van der Waals surface area contributed by atoms with Crippen molar-refractivity contribution in [2.45, 2.75) is 26.2 Å². The maximum atomic E-state index is 11.7. The fraction of sp³-hybridized carbons (Fsp3) is 0.818. The molecule has 1 rings (SSSR count). The smallest absolute Gasteiger partial charge is 0.303 e. The number of carboxylic acid groups (broad SMARTS) is 1. The van der Waals surface area contributed by atoms with Crippen LogP contribution in [0.2, 0.25) is 0 Å². The van der Waals surface area contributed by atoms with Gasteiger partial charge in [0.05, 0.1) is 0 Å². The van der Waals surface area contributed by atoms with Crippen LogP contribution in [-0.2, 0) is 9.59 Å². The minimum absolute atomic E-state index is 0.133. The van der Waals surface area contributed by atoms with Crippen LogP contribution in [0.5, 0.6) is 0 Å². The van der Waals surface area contributed by atoms with E-state index in [0.29, 0.717) is 26.1 Å². The van der Waals surface area contributed by atoms with E-state index in [1.807, 2.05) is 6.92 Å². The lowest BCUT2D eigenvalue weighted by atomic mass is 10.1. The van der Waals surface area contributed by atoms with Crippen LogP contribution in [0.15, 0.2) is 0 Å². The van der Waals surface area contributed by atoms with Gasteiger partial charge in [0.1, 0.15) is 0 Å².